The van der Waals surface area contributed by atoms with Crippen LogP contribution in [0, 0.1) is 5.41 Å². The van der Waals surface area contributed by atoms with Gasteiger partial charge in [0.1, 0.15) is 6.33 Å². The van der Waals surface area contributed by atoms with E-state index in [1.165, 1.54) is 6.33 Å². The Morgan fingerprint density at radius 3 is 2.64 bits per heavy atom. The van der Waals surface area contributed by atoms with Gasteiger partial charge in [0.25, 0.3) is 0 Å². The summed E-state index contributed by atoms with van der Waals surface area (Å²) in [5.74, 6) is 0.720. The van der Waals surface area contributed by atoms with E-state index >= 15 is 0 Å². The maximum absolute atomic E-state index is 12.5. The number of urea groups is 1. The lowest BCUT2D eigenvalue weighted by molar-refractivity contribution is 0.134. The molecule has 2 amide bonds. The van der Waals surface area contributed by atoms with Gasteiger partial charge in [-0.2, -0.15) is 5.10 Å². The molecule has 6 nitrogen and oxygen atoms in total. The molecule has 0 radical (unpaired) electrons. The second-order valence-electron chi connectivity index (χ2n) is 7.59. The zero-order valence-corrected chi connectivity index (χ0v) is 15.3. The maximum Gasteiger partial charge on any atom is 0.317 e. The lowest BCUT2D eigenvalue weighted by Gasteiger charge is -2.38. The molecule has 0 saturated heterocycles. The smallest absolute Gasteiger partial charge is 0.317 e. The first kappa shape index (κ1) is 17.5. The molecule has 0 unspecified atom stereocenters. The first-order valence-electron chi connectivity index (χ1n) is 8.91. The number of rotatable bonds is 4. The van der Waals surface area contributed by atoms with E-state index in [9.17, 15) is 4.79 Å². The molecule has 1 N–H and O–H groups in total. The van der Waals surface area contributed by atoms with E-state index < -0.39 is 0 Å². The van der Waals surface area contributed by atoms with Gasteiger partial charge in [-0.1, -0.05) is 32.0 Å². The van der Waals surface area contributed by atoms with Gasteiger partial charge in [0, 0.05) is 13.1 Å². The van der Waals surface area contributed by atoms with Crippen molar-refractivity contribution in [2.24, 2.45) is 5.41 Å². The number of hydrogen-bond acceptors (Lipinski definition) is 3. The van der Waals surface area contributed by atoms with Crippen molar-refractivity contribution in [1.82, 2.24) is 25.0 Å². The molecule has 2 aromatic rings. The minimum Gasteiger partial charge on any atom is -0.331 e. The topological polar surface area (TPSA) is 63.1 Å². The molecule has 6 heteroatoms. The van der Waals surface area contributed by atoms with Gasteiger partial charge in [-0.25, -0.2) is 14.5 Å². The predicted molar refractivity (Wildman–Crippen MR) is 97.4 cm³/mol. The van der Waals surface area contributed by atoms with Gasteiger partial charge in [-0.3, -0.25) is 0 Å². The van der Waals surface area contributed by atoms with Crippen LogP contribution in [0.1, 0.15) is 45.4 Å². The lowest BCUT2D eigenvalue weighted by Crippen LogP contribution is -2.45. The highest BCUT2D eigenvalue weighted by molar-refractivity contribution is 5.74. The molecule has 0 bridgehead atoms. The van der Waals surface area contributed by atoms with Crippen LogP contribution < -0.4 is 5.32 Å². The molecule has 1 fully saturated rings. The third kappa shape index (κ3) is 4.18. The maximum atomic E-state index is 12.5. The van der Waals surface area contributed by atoms with Crippen molar-refractivity contribution < 1.29 is 4.79 Å². The molecule has 0 atom stereocenters. The van der Waals surface area contributed by atoms with Gasteiger partial charge in [0.15, 0.2) is 5.82 Å². The summed E-state index contributed by atoms with van der Waals surface area (Å²) in [7, 11) is 1.89. The van der Waals surface area contributed by atoms with E-state index in [0.717, 1.165) is 37.2 Å². The Labute approximate surface area is 149 Å². The minimum atomic E-state index is -0.0488. The van der Waals surface area contributed by atoms with E-state index in [4.69, 9.17) is 0 Å². The number of aromatic nitrogens is 3. The number of benzene rings is 1. The zero-order valence-electron chi connectivity index (χ0n) is 15.3. The third-order valence-corrected chi connectivity index (χ3v) is 5.19. The quantitative estimate of drug-likeness (QED) is 0.927. The second kappa shape index (κ2) is 7.25. The fourth-order valence-electron chi connectivity index (χ4n) is 3.39. The van der Waals surface area contributed by atoms with Crippen molar-refractivity contribution in [3.05, 3.63) is 42.5 Å². The fourth-order valence-corrected chi connectivity index (χ4v) is 3.39. The van der Waals surface area contributed by atoms with Gasteiger partial charge in [-0.05, 0) is 43.2 Å². The first-order valence-corrected chi connectivity index (χ1v) is 8.91. The highest BCUT2D eigenvalue weighted by atomic mass is 16.2. The van der Waals surface area contributed by atoms with E-state index in [0.29, 0.717) is 18.0 Å². The Kier molecular flexibility index (Phi) is 5.06. The molecule has 1 heterocycles. The van der Waals surface area contributed by atoms with Gasteiger partial charge >= 0.3 is 6.03 Å². The third-order valence-electron chi connectivity index (χ3n) is 5.19. The van der Waals surface area contributed by atoms with Crippen LogP contribution in [0.3, 0.4) is 0 Å². The van der Waals surface area contributed by atoms with Crippen LogP contribution in [0.25, 0.3) is 5.69 Å². The van der Waals surface area contributed by atoms with Crippen LogP contribution in [0.2, 0.25) is 0 Å². The monoisotopic (exact) mass is 341 g/mol. The molecule has 134 valence electrons. The molecular weight excluding hydrogens is 314 g/mol. The number of nitrogens with zero attached hydrogens (tertiary/aromatic N) is 4. The number of amides is 2. The van der Waals surface area contributed by atoms with Crippen molar-refractivity contribution in [1.29, 1.82) is 0 Å². The average Bonchev–Trinajstić information content (AvgIpc) is 3.08. The molecular formula is C19H27N5O. The normalized spacial score (nSPS) is 17.2. The summed E-state index contributed by atoms with van der Waals surface area (Å²) in [6, 6.07) is 10.1. The Morgan fingerprint density at radius 1 is 1.28 bits per heavy atom. The average molecular weight is 341 g/mol. The molecule has 0 aliphatic heterocycles. The highest BCUT2D eigenvalue weighted by Crippen LogP contribution is 2.36. The lowest BCUT2D eigenvalue weighted by atomic mass is 9.75. The number of carbonyl (C=O) groups excluding carboxylic acids is 1. The predicted octanol–water partition coefficient (Wildman–Crippen LogP) is 3.38. The summed E-state index contributed by atoms with van der Waals surface area (Å²) in [6.45, 7) is 4.97. The fraction of sp³-hybridized carbons (Fsp3) is 0.526. The first-order chi connectivity index (χ1) is 12.0. The second-order valence-corrected chi connectivity index (χ2v) is 7.59. The van der Waals surface area contributed by atoms with Crippen molar-refractivity contribution in [3.63, 3.8) is 0 Å². The summed E-state index contributed by atoms with van der Waals surface area (Å²) >= 11 is 0. The molecule has 1 saturated carbocycles. The van der Waals surface area contributed by atoms with Gasteiger partial charge in [0.05, 0.1) is 12.2 Å². The van der Waals surface area contributed by atoms with E-state index in [1.807, 2.05) is 42.3 Å². The Bertz CT molecular complexity index is 700. The van der Waals surface area contributed by atoms with E-state index in [-0.39, 0.29) is 6.03 Å². The Hall–Kier alpha value is -2.37. The van der Waals surface area contributed by atoms with Gasteiger partial charge in [-0.15, -0.1) is 0 Å². The number of nitrogens with one attached hydrogen (secondary N) is 1. The number of carbonyl (C=O) groups is 1. The zero-order chi connectivity index (χ0) is 17.9. The van der Waals surface area contributed by atoms with Crippen molar-refractivity contribution in [3.8, 4) is 5.69 Å². The highest BCUT2D eigenvalue weighted by Gasteiger charge is 2.30. The standard InChI is InChI=1S/C19H27N5O/c1-19(2)11-9-15(10-12-19)23(3)18(25)20-13-17-21-14-22-24(17)16-7-5-4-6-8-16/h4-8,14-15H,9-13H2,1-3H3,(H,20,25). The van der Waals surface area contributed by atoms with Crippen LogP contribution >= 0.6 is 0 Å². The van der Waals surface area contributed by atoms with Crippen LogP contribution in [0.5, 0.6) is 0 Å². The number of hydrogen-bond donors (Lipinski definition) is 1. The summed E-state index contributed by atoms with van der Waals surface area (Å²) in [4.78, 5) is 18.6. The Balaban J connectivity index is 1.57. The molecule has 3 rings (SSSR count). The van der Waals surface area contributed by atoms with E-state index in [2.05, 4.69) is 29.2 Å². The minimum absolute atomic E-state index is 0.0488. The van der Waals surface area contributed by atoms with Crippen molar-refractivity contribution in [2.45, 2.75) is 52.1 Å². The SMILES string of the molecule is CN(C(=O)NCc1ncnn1-c1ccccc1)C1CCC(C)(C)CC1. The largest absolute Gasteiger partial charge is 0.331 e. The van der Waals surface area contributed by atoms with Crippen LogP contribution in [-0.4, -0.2) is 38.8 Å². The molecule has 1 aromatic heterocycles. The van der Waals surface area contributed by atoms with Crippen molar-refractivity contribution >= 4 is 6.03 Å². The molecule has 1 aromatic carbocycles. The molecule has 0 spiro atoms. The summed E-state index contributed by atoms with van der Waals surface area (Å²) < 4.78 is 1.75. The van der Waals surface area contributed by atoms with Crippen molar-refractivity contribution in [2.75, 3.05) is 7.05 Å². The van der Waals surface area contributed by atoms with Crippen LogP contribution in [0.4, 0.5) is 4.79 Å². The summed E-state index contributed by atoms with van der Waals surface area (Å²) in [6.07, 6.45) is 5.98. The van der Waals surface area contributed by atoms with Gasteiger partial charge in [0.2, 0.25) is 0 Å². The molecule has 25 heavy (non-hydrogen) atoms. The van der Waals surface area contributed by atoms with Gasteiger partial charge < -0.3 is 10.2 Å². The van der Waals surface area contributed by atoms with Crippen LogP contribution in [0.15, 0.2) is 36.7 Å². The molecule has 1 aliphatic carbocycles. The summed E-state index contributed by atoms with van der Waals surface area (Å²) in [5.41, 5.74) is 1.34. The Morgan fingerprint density at radius 2 is 1.96 bits per heavy atom. The molecule has 1 aliphatic rings. The summed E-state index contributed by atoms with van der Waals surface area (Å²) in [5, 5.41) is 7.23. The van der Waals surface area contributed by atoms with E-state index in [1.54, 1.807) is 4.68 Å². The number of para-hydroxylation sites is 1. The van der Waals surface area contributed by atoms with Crippen LogP contribution in [-0.2, 0) is 6.54 Å².